The summed E-state index contributed by atoms with van der Waals surface area (Å²) >= 11 is 0. The normalized spacial score (nSPS) is 17.7. The minimum atomic E-state index is -0.648. The summed E-state index contributed by atoms with van der Waals surface area (Å²) in [5.74, 6) is 3.45. The van der Waals surface area contributed by atoms with Gasteiger partial charge in [0.1, 0.15) is 23.0 Å². The summed E-state index contributed by atoms with van der Waals surface area (Å²) in [5, 5.41) is 1.31. The minimum absolute atomic E-state index is 0.648. The van der Waals surface area contributed by atoms with Crippen LogP contribution < -0.4 is 9.47 Å². The molecule has 248 valence electrons. The molecule has 2 aliphatic heterocycles. The van der Waals surface area contributed by atoms with Crippen LogP contribution >= 0.6 is 0 Å². The Morgan fingerprint density at radius 2 is 1.15 bits per heavy atom. The number of para-hydroxylation sites is 2. The molecule has 0 fully saturated rings. The van der Waals surface area contributed by atoms with E-state index in [-0.39, 0.29) is 0 Å². The molecule has 3 heterocycles. The Hall–Kier alpha value is -6.32. The molecule has 7 aromatic rings. The van der Waals surface area contributed by atoms with Gasteiger partial charge in [0.05, 0.1) is 10.9 Å². The number of aromatic nitrogens is 1. The highest BCUT2D eigenvalue weighted by Gasteiger charge is 2.50. The van der Waals surface area contributed by atoms with E-state index >= 15 is 0 Å². The molecular formula is C49H35NO2. The van der Waals surface area contributed by atoms with Gasteiger partial charge in [0.25, 0.3) is 0 Å². The molecule has 1 spiro atoms. The first-order chi connectivity index (χ1) is 25.8. The predicted octanol–water partition coefficient (Wildman–Crippen LogP) is 12.7. The number of hydrogen-bond donors (Lipinski definition) is 0. The standard InChI is InChI=1S/C49H35NO2/c1-3-13-32(14-4-1)34-25-28-47-42(30-34)49(39-18-8-11-21-45(39)51-47)40-19-9-12-22-46(40)52-48-31-35(23-26-41(48)49)33-24-27-44-38(29-33)37-17-7-10-20-43(37)50(44)36-15-5-2-6-16-36/h1-5,7-9,11-15,17-19,21-31H,6,10,16,20H2. The molecule has 1 unspecified atom stereocenters. The Morgan fingerprint density at radius 3 is 1.96 bits per heavy atom. The first-order valence-corrected chi connectivity index (χ1v) is 18.4. The molecule has 52 heavy (non-hydrogen) atoms. The van der Waals surface area contributed by atoms with Crippen molar-refractivity contribution in [2.24, 2.45) is 0 Å². The molecule has 0 bridgehead atoms. The maximum absolute atomic E-state index is 6.90. The van der Waals surface area contributed by atoms with Gasteiger partial charge in [-0.15, -0.1) is 0 Å². The van der Waals surface area contributed by atoms with Gasteiger partial charge >= 0.3 is 0 Å². The Balaban J connectivity index is 1.13. The Morgan fingerprint density at radius 1 is 0.500 bits per heavy atom. The number of fused-ring (bicyclic) bond motifs is 11. The molecule has 0 saturated carbocycles. The van der Waals surface area contributed by atoms with Crippen LogP contribution in [0.25, 0.3) is 44.9 Å². The van der Waals surface area contributed by atoms with E-state index < -0.39 is 5.41 Å². The lowest BCUT2D eigenvalue weighted by atomic mass is 9.62. The highest BCUT2D eigenvalue weighted by atomic mass is 16.5. The van der Waals surface area contributed by atoms with Crippen LogP contribution in [0, 0.1) is 0 Å². The lowest BCUT2D eigenvalue weighted by molar-refractivity contribution is 0.399. The SMILES string of the molecule is C1=CCCC(n2c3c(c4cc(-c5ccc6c(c5)Oc5ccccc5C65c6ccccc6Oc6ccc(-c7ccccc7)cc65)ccc42)C=CCC3)=C1. The lowest BCUT2D eigenvalue weighted by Crippen LogP contribution is -2.36. The van der Waals surface area contributed by atoms with E-state index in [1.54, 1.807) is 0 Å². The van der Waals surface area contributed by atoms with Gasteiger partial charge in [-0.1, -0.05) is 115 Å². The first kappa shape index (κ1) is 29.4. The Bertz CT molecular complexity index is 2680. The zero-order valence-electron chi connectivity index (χ0n) is 28.7. The average Bonchev–Trinajstić information content (AvgIpc) is 3.55. The van der Waals surface area contributed by atoms with Gasteiger partial charge in [-0.05, 0) is 96.5 Å². The maximum atomic E-state index is 6.90. The second-order valence-electron chi connectivity index (χ2n) is 14.2. The van der Waals surface area contributed by atoms with Crippen molar-refractivity contribution < 1.29 is 9.47 Å². The fourth-order valence-electron chi connectivity index (χ4n) is 9.16. The second kappa shape index (κ2) is 11.3. The molecule has 3 nitrogen and oxygen atoms in total. The summed E-state index contributed by atoms with van der Waals surface area (Å²) in [7, 11) is 0. The molecule has 1 aromatic heterocycles. The number of allylic oxidation sites excluding steroid dienone is 5. The van der Waals surface area contributed by atoms with E-state index in [1.807, 2.05) is 0 Å². The number of benzene rings is 6. The van der Waals surface area contributed by atoms with E-state index in [0.717, 1.165) is 82.1 Å². The molecule has 0 saturated heterocycles. The van der Waals surface area contributed by atoms with Crippen molar-refractivity contribution in [3.05, 3.63) is 191 Å². The lowest BCUT2D eigenvalue weighted by Gasteiger charge is -2.45. The first-order valence-electron chi connectivity index (χ1n) is 18.4. The molecule has 1 atom stereocenters. The summed E-state index contributed by atoms with van der Waals surface area (Å²) in [6, 6.07) is 48.1. The fraction of sp³-hybridized carbons (Fsp3) is 0.102. The predicted molar refractivity (Wildman–Crippen MR) is 211 cm³/mol. The number of rotatable bonds is 3. The zero-order chi connectivity index (χ0) is 34.2. The zero-order valence-corrected chi connectivity index (χ0v) is 28.7. The highest BCUT2D eigenvalue weighted by molar-refractivity contribution is 5.97. The topological polar surface area (TPSA) is 23.4 Å². The van der Waals surface area contributed by atoms with Crippen molar-refractivity contribution in [2.75, 3.05) is 0 Å². The maximum Gasteiger partial charge on any atom is 0.132 e. The summed E-state index contributed by atoms with van der Waals surface area (Å²) in [4.78, 5) is 0. The smallest absolute Gasteiger partial charge is 0.132 e. The molecule has 2 aliphatic carbocycles. The second-order valence-corrected chi connectivity index (χ2v) is 14.2. The van der Waals surface area contributed by atoms with Gasteiger partial charge in [0.2, 0.25) is 0 Å². The van der Waals surface area contributed by atoms with Crippen LogP contribution in [0.3, 0.4) is 0 Å². The third-order valence-electron chi connectivity index (χ3n) is 11.5. The number of ether oxygens (including phenoxy) is 2. The van der Waals surface area contributed by atoms with Gasteiger partial charge in [-0.2, -0.15) is 0 Å². The van der Waals surface area contributed by atoms with Crippen LogP contribution in [0.1, 0.15) is 52.8 Å². The summed E-state index contributed by atoms with van der Waals surface area (Å²) in [6.07, 6.45) is 15.7. The Labute approximate surface area is 303 Å². The van der Waals surface area contributed by atoms with Crippen LogP contribution in [-0.2, 0) is 11.8 Å². The molecule has 0 N–H and O–H groups in total. The Kier molecular flexibility index (Phi) is 6.42. The van der Waals surface area contributed by atoms with Crippen LogP contribution in [-0.4, -0.2) is 4.57 Å². The average molecular weight is 670 g/mol. The van der Waals surface area contributed by atoms with Crippen LogP contribution in [0.15, 0.2) is 158 Å². The van der Waals surface area contributed by atoms with Crippen molar-refractivity contribution in [1.82, 2.24) is 4.57 Å². The largest absolute Gasteiger partial charge is 0.457 e. The molecule has 0 amide bonds. The van der Waals surface area contributed by atoms with Gasteiger partial charge in [-0.25, -0.2) is 0 Å². The third-order valence-corrected chi connectivity index (χ3v) is 11.5. The van der Waals surface area contributed by atoms with Crippen molar-refractivity contribution >= 4 is 22.7 Å². The van der Waals surface area contributed by atoms with Crippen molar-refractivity contribution in [1.29, 1.82) is 0 Å². The van der Waals surface area contributed by atoms with Crippen LogP contribution in [0.4, 0.5) is 0 Å². The molecule has 0 radical (unpaired) electrons. The van der Waals surface area contributed by atoms with E-state index in [4.69, 9.17) is 9.47 Å². The molecule has 11 rings (SSSR count). The fourth-order valence-corrected chi connectivity index (χ4v) is 9.16. The van der Waals surface area contributed by atoms with Crippen LogP contribution in [0.2, 0.25) is 0 Å². The molecule has 4 aliphatic rings. The minimum Gasteiger partial charge on any atom is -0.457 e. The van der Waals surface area contributed by atoms with E-state index in [1.165, 1.54) is 39.0 Å². The van der Waals surface area contributed by atoms with Crippen molar-refractivity contribution in [2.45, 2.75) is 31.1 Å². The monoisotopic (exact) mass is 669 g/mol. The third kappa shape index (κ3) is 4.20. The van der Waals surface area contributed by atoms with Gasteiger partial charge < -0.3 is 14.0 Å². The van der Waals surface area contributed by atoms with E-state index in [9.17, 15) is 0 Å². The van der Waals surface area contributed by atoms with Gasteiger partial charge in [0.15, 0.2) is 0 Å². The number of nitrogens with zero attached hydrogens (tertiary/aromatic N) is 1. The van der Waals surface area contributed by atoms with Gasteiger partial charge in [-0.3, -0.25) is 0 Å². The van der Waals surface area contributed by atoms with Crippen molar-refractivity contribution in [3.8, 4) is 45.3 Å². The highest BCUT2D eigenvalue weighted by Crippen LogP contribution is 2.62. The molecular weight excluding hydrogens is 635 g/mol. The van der Waals surface area contributed by atoms with Crippen molar-refractivity contribution in [3.63, 3.8) is 0 Å². The van der Waals surface area contributed by atoms with E-state index in [0.29, 0.717) is 0 Å². The summed E-state index contributed by atoms with van der Waals surface area (Å²) in [5.41, 5.74) is 13.9. The summed E-state index contributed by atoms with van der Waals surface area (Å²) < 4.78 is 16.1. The molecule has 6 aromatic carbocycles. The number of hydrogen-bond acceptors (Lipinski definition) is 2. The quantitative estimate of drug-likeness (QED) is 0.187. The van der Waals surface area contributed by atoms with E-state index in [2.05, 4.69) is 168 Å². The van der Waals surface area contributed by atoms with Gasteiger partial charge in [0, 0.05) is 44.6 Å². The summed E-state index contributed by atoms with van der Waals surface area (Å²) in [6.45, 7) is 0. The molecule has 3 heteroatoms. The van der Waals surface area contributed by atoms with Crippen LogP contribution in [0.5, 0.6) is 23.0 Å².